The summed E-state index contributed by atoms with van der Waals surface area (Å²) in [7, 11) is 0. The highest BCUT2D eigenvalue weighted by molar-refractivity contribution is 5.87. The third-order valence-corrected chi connectivity index (χ3v) is 3.64. The predicted octanol–water partition coefficient (Wildman–Crippen LogP) is 4.09. The van der Waals surface area contributed by atoms with Gasteiger partial charge in [-0.1, -0.05) is 0 Å². The SMILES string of the molecule is CC1(C)OC(C)(C)c2c1[nH]c1cc(F)c(F)c(F)c21. The Kier molecular flexibility index (Phi) is 2.20. The highest BCUT2D eigenvalue weighted by atomic mass is 19.2. The predicted molar refractivity (Wildman–Crippen MR) is 65.3 cm³/mol. The van der Waals surface area contributed by atoms with E-state index in [1.165, 1.54) is 0 Å². The monoisotopic (exact) mass is 269 g/mol. The Bertz CT molecular complexity index is 701. The van der Waals surface area contributed by atoms with Gasteiger partial charge in [-0.05, 0) is 27.7 Å². The van der Waals surface area contributed by atoms with Crippen molar-refractivity contribution >= 4 is 10.9 Å². The van der Waals surface area contributed by atoms with E-state index in [1.54, 1.807) is 13.8 Å². The fourth-order valence-corrected chi connectivity index (χ4v) is 3.05. The first-order valence-electron chi connectivity index (χ1n) is 6.05. The molecule has 0 radical (unpaired) electrons. The van der Waals surface area contributed by atoms with Gasteiger partial charge in [0.1, 0.15) is 5.60 Å². The molecule has 0 amide bonds. The van der Waals surface area contributed by atoms with E-state index in [-0.39, 0.29) is 10.9 Å². The van der Waals surface area contributed by atoms with Crippen LogP contribution in [-0.2, 0) is 15.9 Å². The van der Waals surface area contributed by atoms with Crippen LogP contribution in [0.4, 0.5) is 13.2 Å². The lowest BCUT2D eigenvalue weighted by Crippen LogP contribution is -2.23. The maximum Gasteiger partial charge on any atom is 0.195 e. The number of halogens is 3. The number of H-pyrrole nitrogens is 1. The minimum Gasteiger partial charge on any atom is -0.359 e. The van der Waals surface area contributed by atoms with Crippen LogP contribution in [0, 0.1) is 17.5 Å². The van der Waals surface area contributed by atoms with Crippen molar-refractivity contribution in [3.63, 3.8) is 0 Å². The highest BCUT2D eigenvalue weighted by Crippen LogP contribution is 2.50. The number of aromatic amines is 1. The molecular formula is C14H14F3NO. The first kappa shape index (κ1) is 12.5. The van der Waals surface area contributed by atoms with Gasteiger partial charge in [0.25, 0.3) is 0 Å². The average molecular weight is 269 g/mol. The van der Waals surface area contributed by atoms with Gasteiger partial charge >= 0.3 is 0 Å². The van der Waals surface area contributed by atoms with Crippen LogP contribution in [0.1, 0.15) is 39.0 Å². The maximum atomic E-state index is 14.1. The first-order valence-corrected chi connectivity index (χ1v) is 6.05. The van der Waals surface area contributed by atoms with Crippen molar-refractivity contribution in [1.29, 1.82) is 0 Å². The van der Waals surface area contributed by atoms with Crippen LogP contribution in [0.5, 0.6) is 0 Å². The van der Waals surface area contributed by atoms with Gasteiger partial charge in [-0.2, -0.15) is 0 Å². The smallest absolute Gasteiger partial charge is 0.195 e. The van der Waals surface area contributed by atoms with E-state index in [2.05, 4.69) is 4.98 Å². The van der Waals surface area contributed by atoms with Crippen LogP contribution in [0.3, 0.4) is 0 Å². The van der Waals surface area contributed by atoms with Crippen molar-refractivity contribution in [2.75, 3.05) is 0 Å². The molecule has 0 bridgehead atoms. The quantitative estimate of drug-likeness (QED) is 0.716. The first-order chi connectivity index (χ1) is 8.65. The summed E-state index contributed by atoms with van der Waals surface area (Å²) < 4.78 is 46.7. The third kappa shape index (κ3) is 1.48. The average Bonchev–Trinajstić information content (AvgIpc) is 2.72. The van der Waals surface area contributed by atoms with Gasteiger partial charge in [0.15, 0.2) is 17.5 Å². The standard InChI is InChI=1S/C14H14F3NO/c1-13(2)9-8-7(5-6(15)10(16)11(8)17)18-12(9)14(3,4)19-13/h5,18H,1-4H3. The van der Waals surface area contributed by atoms with Crippen LogP contribution in [-0.4, -0.2) is 4.98 Å². The summed E-state index contributed by atoms with van der Waals surface area (Å²) in [6.45, 7) is 7.24. The Hall–Kier alpha value is -1.49. The normalized spacial score (nSPS) is 19.9. The van der Waals surface area contributed by atoms with Gasteiger partial charge in [0, 0.05) is 17.0 Å². The van der Waals surface area contributed by atoms with Gasteiger partial charge in [0.05, 0.1) is 16.8 Å². The molecule has 1 aromatic carbocycles. The fourth-order valence-electron chi connectivity index (χ4n) is 3.05. The van der Waals surface area contributed by atoms with Crippen LogP contribution < -0.4 is 0 Å². The lowest BCUT2D eigenvalue weighted by atomic mass is 9.94. The fraction of sp³-hybridized carbons (Fsp3) is 0.429. The molecule has 19 heavy (non-hydrogen) atoms. The minimum absolute atomic E-state index is 0.0736. The Morgan fingerprint density at radius 3 is 2.26 bits per heavy atom. The van der Waals surface area contributed by atoms with Crippen molar-refractivity contribution in [3.05, 3.63) is 34.8 Å². The van der Waals surface area contributed by atoms with Gasteiger partial charge in [0.2, 0.25) is 0 Å². The summed E-state index contributed by atoms with van der Waals surface area (Å²) in [6, 6.07) is 0.984. The van der Waals surface area contributed by atoms with E-state index in [9.17, 15) is 13.2 Å². The second kappa shape index (κ2) is 3.33. The summed E-state index contributed by atoms with van der Waals surface area (Å²) >= 11 is 0. The maximum absolute atomic E-state index is 14.1. The van der Waals surface area contributed by atoms with Crippen LogP contribution in [0.25, 0.3) is 10.9 Å². The zero-order valence-electron chi connectivity index (χ0n) is 11.1. The van der Waals surface area contributed by atoms with Gasteiger partial charge in [-0.3, -0.25) is 0 Å². The van der Waals surface area contributed by atoms with Crippen molar-refractivity contribution in [3.8, 4) is 0 Å². The Morgan fingerprint density at radius 2 is 1.63 bits per heavy atom. The molecule has 0 saturated carbocycles. The molecule has 1 aromatic heterocycles. The summed E-state index contributed by atoms with van der Waals surface area (Å²) in [5.41, 5.74) is 0.0607. The molecule has 102 valence electrons. The molecule has 1 aliphatic heterocycles. The molecule has 0 saturated heterocycles. The molecule has 0 atom stereocenters. The molecule has 0 fully saturated rings. The van der Waals surface area contributed by atoms with Crippen molar-refractivity contribution < 1.29 is 17.9 Å². The van der Waals surface area contributed by atoms with Crippen LogP contribution >= 0.6 is 0 Å². The zero-order chi connectivity index (χ0) is 14.2. The molecule has 0 spiro atoms. The number of fused-ring (bicyclic) bond motifs is 3. The summed E-state index contributed by atoms with van der Waals surface area (Å²) in [5, 5.41) is 0.0736. The van der Waals surface area contributed by atoms with Crippen molar-refractivity contribution in [2.45, 2.75) is 38.9 Å². The molecule has 5 heteroatoms. The molecular weight excluding hydrogens is 255 g/mol. The lowest BCUT2D eigenvalue weighted by Gasteiger charge is -2.25. The molecule has 0 unspecified atom stereocenters. The number of hydrogen-bond donors (Lipinski definition) is 1. The molecule has 2 heterocycles. The van der Waals surface area contributed by atoms with E-state index in [4.69, 9.17) is 4.74 Å². The van der Waals surface area contributed by atoms with Gasteiger partial charge < -0.3 is 9.72 Å². The van der Waals surface area contributed by atoms with E-state index in [1.807, 2.05) is 13.8 Å². The van der Waals surface area contributed by atoms with Crippen LogP contribution in [0.15, 0.2) is 6.07 Å². The Labute approximate surface area is 108 Å². The number of rotatable bonds is 0. The summed E-state index contributed by atoms with van der Waals surface area (Å²) in [6.07, 6.45) is 0. The van der Waals surface area contributed by atoms with E-state index in [0.29, 0.717) is 11.3 Å². The third-order valence-electron chi connectivity index (χ3n) is 3.64. The lowest BCUT2D eigenvalue weighted by molar-refractivity contribution is -0.106. The number of nitrogens with one attached hydrogen (secondary N) is 1. The zero-order valence-corrected chi connectivity index (χ0v) is 11.1. The highest BCUT2D eigenvalue weighted by Gasteiger charge is 2.46. The number of ether oxygens (including phenoxy) is 1. The Balaban J connectivity index is 2.49. The van der Waals surface area contributed by atoms with Crippen molar-refractivity contribution in [1.82, 2.24) is 4.98 Å². The minimum atomic E-state index is -1.45. The molecule has 1 N–H and O–H groups in total. The molecule has 3 rings (SSSR count). The van der Waals surface area contributed by atoms with Crippen molar-refractivity contribution in [2.24, 2.45) is 0 Å². The molecule has 2 aromatic rings. The summed E-state index contributed by atoms with van der Waals surface area (Å²) in [5.74, 6) is -3.81. The van der Waals surface area contributed by atoms with Gasteiger partial charge in [-0.15, -0.1) is 0 Å². The Morgan fingerprint density at radius 1 is 1.00 bits per heavy atom. The van der Waals surface area contributed by atoms with E-state index < -0.39 is 28.7 Å². The summed E-state index contributed by atoms with van der Waals surface area (Å²) in [4.78, 5) is 2.96. The number of benzene rings is 1. The van der Waals surface area contributed by atoms with E-state index >= 15 is 0 Å². The molecule has 0 aliphatic carbocycles. The number of hydrogen-bond acceptors (Lipinski definition) is 1. The van der Waals surface area contributed by atoms with Gasteiger partial charge in [-0.25, -0.2) is 13.2 Å². The second-order valence-corrected chi connectivity index (χ2v) is 5.91. The molecule has 1 aliphatic rings. The second-order valence-electron chi connectivity index (χ2n) is 5.91. The number of aromatic nitrogens is 1. The largest absolute Gasteiger partial charge is 0.359 e. The topological polar surface area (TPSA) is 25.0 Å². The van der Waals surface area contributed by atoms with E-state index in [0.717, 1.165) is 6.07 Å². The molecule has 2 nitrogen and oxygen atoms in total. The van der Waals surface area contributed by atoms with Crippen LogP contribution in [0.2, 0.25) is 0 Å².